The van der Waals surface area contributed by atoms with Gasteiger partial charge in [0.1, 0.15) is 0 Å². The number of carbonyl (C=O) groups is 2. The van der Waals surface area contributed by atoms with Crippen LogP contribution in [0.2, 0.25) is 0 Å². The smallest absolute Gasteiger partial charge is 0.227 e. The summed E-state index contributed by atoms with van der Waals surface area (Å²) >= 11 is 1.64. The first-order valence-electron chi connectivity index (χ1n) is 8.25. The fraction of sp³-hybridized carbons (Fsp3) is 0.647. The maximum atomic E-state index is 12.6. The molecule has 0 saturated carbocycles. The third-order valence-corrected chi connectivity index (χ3v) is 6.28. The molecule has 1 aromatic heterocycles. The minimum absolute atomic E-state index is 0.0518. The summed E-state index contributed by atoms with van der Waals surface area (Å²) in [7, 11) is 4.01. The van der Waals surface area contributed by atoms with Gasteiger partial charge in [-0.2, -0.15) is 0 Å². The number of likely N-dealkylation sites (N-methyl/N-ethyl adjacent to an activating group) is 1. The van der Waals surface area contributed by atoms with E-state index in [1.54, 1.807) is 11.3 Å². The van der Waals surface area contributed by atoms with E-state index in [2.05, 4.69) is 11.9 Å². The van der Waals surface area contributed by atoms with Gasteiger partial charge in [0.15, 0.2) is 0 Å². The number of hydrogen-bond donors (Lipinski definition) is 0. The topological polar surface area (TPSA) is 43.9 Å². The van der Waals surface area contributed by atoms with Gasteiger partial charge in [0, 0.05) is 50.1 Å². The molecule has 2 aliphatic rings. The Labute approximate surface area is 141 Å². The second-order valence-corrected chi connectivity index (χ2v) is 7.81. The molecule has 2 fully saturated rings. The van der Waals surface area contributed by atoms with Crippen LogP contribution in [0.5, 0.6) is 0 Å². The molecule has 5 nitrogen and oxygen atoms in total. The lowest BCUT2D eigenvalue weighted by Crippen LogP contribution is -2.62. The van der Waals surface area contributed by atoms with Crippen molar-refractivity contribution < 1.29 is 9.59 Å². The first kappa shape index (κ1) is 16.5. The zero-order valence-corrected chi connectivity index (χ0v) is 14.8. The van der Waals surface area contributed by atoms with Gasteiger partial charge in [-0.05, 0) is 31.3 Å². The molecule has 2 aliphatic heterocycles. The highest BCUT2D eigenvalue weighted by Gasteiger charge is 2.42. The van der Waals surface area contributed by atoms with Gasteiger partial charge in [-0.25, -0.2) is 0 Å². The number of hydrogen-bond acceptors (Lipinski definition) is 4. The summed E-state index contributed by atoms with van der Waals surface area (Å²) in [6, 6.07) is 4.01. The molecule has 0 bridgehead atoms. The van der Waals surface area contributed by atoms with Gasteiger partial charge in [-0.1, -0.05) is 6.07 Å². The first-order valence-corrected chi connectivity index (χ1v) is 9.13. The van der Waals surface area contributed by atoms with E-state index >= 15 is 0 Å². The van der Waals surface area contributed by atoms with Gasteiger partial charge in [0.25, 0.3) is 0 Å². The van der Waals surface area contributed by atoms with Crippen molar-refractivity contribution in [2.75, 3.05) is 40.3 Å². The van der Waals surface area contributed by atoms with Crippen molar-refractivity contribution in [3.63, 3.8) is 0 Å². The number of thiophene rings is 1. The van der Waals surface area contributed by atoms with Gasteiger partial charge in [-0.15, -0.1) is 11.3 Å². The van der Waals surface area contributed by atoms with Crippen LogP contribution in [0, 0.1) is 0 Å². The maximum Gasteiger partial charge on any atom is 0.227 e. The van der Waals surface area contributed by atoms with Crippen LogP contribution in [0.4, 0.5) is 0 Å². The highest BCUT2D eigenvalue weighted by Crippen LogP contribution is 2.32. The molecule has 0 N–H and O–H groups in total. The number of piperazine rings is 1. The molecule has 2 amide bonds. The standard InChI is InChI=1S/C17H25N3O2S/c1-18-8-7-17(6-5-15(18)21)13-20(10-9-19(17)2)16(22)12-14-4-3-11-23-14/h3-4,11H,5-10,12-13H2,1-2H3/t17-/m0/s1. The highest BCUT2D eigenvalue weighted by molar-refractivity contribution is 7.10. The number of rotatable bonds is 2. The molecule has 3 rings (SSSR count). The summed E-state index contributed by atoms with van der Waals surface area (Å²) in [5.74, 6) is 0.432. The molecule has 1 spiro atoms. The molecule has 126 valence electrons. The van der Waals surface area contributed by atoms with Gasteiger partial charge >= 0.3 is 0 Å². The Morgan fingerprint density at radius 1 is 1.26 bits per heavy atom. The Hall–Kier alpha value is -1.40. The average molecular weight is 335 g/mol. The third kappa shape index (κ3) is 3.43. The van der Waals surface area contributed by atoms with E-state index in [1.165, 1.54) is 0 Å². The van der Waals surface area contributed by atoms with Crippen LogP contribution in [0.1, 0.15) is 24.1 Å². The molecule has 1 aromatic rings. The molecule has 0 aliphatic carbocycles. The van der Waals surface area contributed by atoms with E-state index in [4.69, 9.17) is 0 Å². The van der Waals surface area contributed by atoms with Gasteiger partial charge in [0.2, 0.25) is 11.8 Å². The summed E-state index contributed by atoms with van der Waals surface area (Å²) in [4.78, 5) is 32.0. The minimum Gasteiger partial charge on any atom is -0.346 e. The second-order valence-electron chi connectivity index (χ2n) is 6.78. The van der Waals surface area contributed by atoms with Gasteiger partial charge < -0.3 is 9.80 Å². The van der Waals surface area contributed by atoms with Crippen molar-refractivity contribution in [3.8, 4) is 0 Å². The molecule has 0 unspecified atom stereocenters. The zero-order valence-electron chi connectivity index (χ0n) is 14.0. The Balaban J connectivity index is 1.71. The normalized spacial score (nSPS) is 26.6. The average Bonchev–Trinajstić information content (AvgIpc) is 3.00. The Kier molecular flexibility index (Phi) is 4.73. The summed E-state index contributed by atoms with van der Waals surface area (Å²) in [5, 5.41) is 2.01. The van der Waals surface area contributed by atoms with Crippen LogP contribution in [-0.2, 0) is 16.0 Å². The van der Waals surface area contributed by atoms with E-state index in [-0.39, 0.29) is 17.4 Å². The van der Waals surface area contributed by atoms with E-state index < -0.39 is 0 Å². The molecule has 1 atom stereocenters. The molecule has 6 heteroatoms. The summed E-state index contributed by atoms with van der Waals surface area (Å²) in [6.45, 7) is 3.19. The number of amides is 2. The zero-order chi connectivity index (χ0) is 16.4. The Bertz CT molecular complexity index is 574. The molecule has 3 heterocycles. The lowest BCUT2D eigenvalue weighted by Gasteiger charge is -2.49. The highest BCUT2D eigenvalue weighted by atomic mass is 32.1. The largest absolute Gasteiger partial charge is 0.346 e. The molecule has 2 saturated heterocycles. The lowest BCUT2D eigenvalue weighted by molar-refractivity contribution is -0.136. The predicted molar refractivity (Wildman–Crippen MR) is 91.5 cm³/mol. The number of carbonyl (C=O) groups excluding carboxylic acids is 2. The van der Waals surface area contributed by atoms with Crippen LogP contribution in [0.25, 0.3) is 0 Å². The second kappa shape index (κ2) is 6.61. The van der Waals surface area contributed by atoms with Crippen LogP contribution >= 0.6 is 11.3 Å². The monoisotopic (exact) mass is 335 g/mol. The maximum absolute atomic E-state index is 12.6. The van der Waals surface area contributed by atoms with Crippen molar-refractivity contribution in [2.45, 2.75) is 31.2 Å². The van der Waals surface area contributed by atoms with Crippen LogP contribution in [0.3, 0.4) is 0 Å². The molecular formula is C17H25N3O2S. The first-order chi connectivity index (χ1) is 11.0. The summed E-state index contributed by atoms with van der Waals surface area (Å²) in [5.41, 5.74) is -0.0518. The Morgan fingerprint density at radius 3 is 2.83 bits per heavy atom. The third-order valence-electron chi connectivity index (χ3n) is 5.40. The predicted octanol–water partition coefficient (Wildman–Crippen LogP) is 1.45. The van der Waals surface area contributed by atoms with Gasteiger partial charge in [-0.3, -0.25) is 14.5 Å². The van der Waals surface area contributed by atoms with Crippen molar-refractivity contribution >= 4 is 23.2 Å². The van der Waals surface area contributed by atoms with Gasteiger partial charge in [0.05, 0.1) is 6.42 Å². The molecule has 0 aromatic carbocycles. The molecule has 0 radical (unpaired) electrons. The van der Waals surface area contributed by atoms with Crippen molar-refractivity contribution in [3.05, 3.63) is 22.4 Å². The van der Waals surface area contributed by atoms with Crippen LogP contribution in [0.15, 0.2) is 17.5 Å². The van der Waals surface area contributed by atoms with E-state index in [0.29, 0.717) is 12.8 Å². The fourth-order valence-corrected chi connectivity index (χ4v) is 4.34. The molecule has 23 heavy (non-hydrogen) atoms. The van der Waals surface area contributed by atoms with Crippen LogP contribution in [-0.4, -0.2) is 72.3 Å². The van der Waals surface area contributed by atoms with E-state index in [9.17, 15) is 9.59 Å². The summed E-state index contributed by atoms with van der Waals surface area (Å²) in [6.07, 6.45) is 2.86. The van der Waals surface area contributed by atoms with Crippen molar-refractivity contribution in [2.24, 2.45) is 0 Å². The van der Waals surface area contributed by atoms with E-state index in [0.717, 1.165) is 43.9 Å². The molecular weight excluding hydrogens is 310 g/mol. The Morgan fingerprint density at radius 2 is 2.09 bits per heavy atom. The van der Waals surface area contributed by atoms with E-state index in [1.807, 2.05) is 34.4 Å². The fourth-order valence-electron chi connectivity index (χ4n) is 3.65. The number of nitrogens with zero attached hydrogens (tertiary/aromatic N) is 3. The minimum atomic E-state index is -0.0518. The lowest BCUT2D eigenvalue weighted by atomic mass is 9.86. The number of likely N-dealkylation sites (tertiary alicyclic amines) is 1. The van der Waals surface area contributed by atoms with Crippen molar-refractivity contribution in [1.82, 2.24) is 14.7 Å². The SMILES string of the molecule is CN1CC[C@@]2(CCC1=O)CN(C(=O)Cc1cccs1)CCN2C. The summed E-state index contributed by atoms with van der Waals surface area (Å²) < 4.78 is 0. The van der Waals surface area contributed by atoms with Crippen LogP contribution < -0.4 is 0 Å². The quantitative estimate of drug-likeness (QED) is 0.822. The van der Waals surface area contributed by atoms with Crippen molar-refractivity contribution in [1.29, 1.82) is 0 Å².